The molecule has 0 saturated carbocycles. The quantitative estimate of drug-likeness (QED) is 0.242. The minimum absolute atomic E-state index is 0.0222. The predicted octanol–water partition coefficient (Wildman–Crippen LogP) is 6.37. The Labute approximate surface area is 255 Å². The van der Waals surface area contributed by atoms with Crippen molar-refractivity contribution in [2.45, 2.75) is 46.6 Å². The normalized spacial score (nSPS) is 15.7. The van der Waals surface area contributed by atoms with E-state index in [0.717, 1.165) is 86.1 Å². The maximum atomic E-state index is 11.8. The number of carbonyl (C=O) groups is 1. The van der Waals surface area contributed by atoms with Crippen molar-refractivity contribution in [2.75, 3.05) is 31.2 Å². The number of aliphatic carboxylic acids is 1. The Morgan fingerprint density at radius 3 is 2.30 bits per heavy atom. The van der Waals surface area contributed by atoms with Crippen LogP contribution in [0.3, 0.4) is 0 Å². The highest BCUT2D eigenvalue weighted by Gasteiger charge is 2.50. The molecule has 3 aromatic carbocycles. The largest absolute Gasteiger partial charge is 0.481 e. The van der Waals surface area contributed by atoms with Gasteiger partial charge in [-0.15, -0.1) is 11.3 Å². The minimum atomic E-state index is -0.832. The van der Waals surface area contributed by atoms with Gasteiger partial charge < -0.3 is 19.8 Å². The van der Waals surface area contributed by atoms with Gasteiger partial charge in [-0.25, -0.2) is 4.98 Å². The zero-order valence-electron chi connectivity index (χ0n) is 25.6. The molecule has 7 rings (SSSR count). The number of carboxylic acid groups (broad SMARTS) is 1. The molecule has 4 heterocycles. The Balaban J connectivity index is 0.000000611. The number of aromatic nitrogens is 3. The molecule has 43 heavy (non-hydrogen) atoms. The molecule has 2 aliphatic heterocycles. The zero-order valence-corrected chi connectivity index (χ0v) is 26.4. The van der Waals surface area contributed by atoms with Crippen LogP contribution in [0.25, 0.3) is 42.8 Å². The Bertz CT molecular complexity index is 1830. The van der Waals surface area contributed by atoms with Crippen molar-refractivity contribution < 1.29 is 19.7 Å². The minimum Gasteiger partial charge on any atom is -0.481 e. The molecule has 224 valence electrons. The molecule has 9 heteroatoms. The molecule has 8 nitrogen and oxygen atoms in total. The highest BCUT2D eigenvalue weighted by atomic mass is 32.1. The summed E-state index contributed by atoms with van der Waals surface area (Å²) >= 11 is 1.63. The van der Waals surface area contributed by atoms with Crippen molar-refractivity contribution in [2.24, 2.45) is 12.5 Å². The van der Waals surface area contributed by atoms with E-state index in [9.17, 15) is 9.90 Å². The second kappa shape index (κ2) is 10.7. The maximum Gasteiger partial charge on any atom is 0.307 e. The highest BCUT2D eigenvalue weighted by Crippen LogP contribution is 2.44. The predicted molar refractivity (Wildman–Crippen MR) is 173 cm³/mol. The Morgan fingerprint density at radius 2 is 1.70 bits per heavy atom. The lowest BCUT2D eigenvalue weighted by molar-refractivity contribution is -0.136. The number of hydrogen-bond acceptors (Lipinski definition) is 7. The van der Waals surface area contributed by atoms with Crippen molar-refractivity contribution >= 4 is 44.2 Å². The van der Waals surface area contributed by atoms with Crippen LogP contribution in [0.4, 0.5) is 5.82 Å². The van der Waals surface area contributed by atoms with Crippen molar-refractivity contribution in [3.8, 4) is 21.7 Å². The Hall–Kier alpha value is -3.79. The number of anilines is 1. The van der Waals surface area contributed by atoms with Crippen molar-refractivity contribution in [1.82, 2.24) is 14.8 Å². The molecule has 0 bridgehead atoms. The summed E-state index contributed by atoms with van der Waals surface area (Å²) in [5, 5.41) is 25.1. The Kier molecular flexibility index (Phi) is 7.31. The van der Waals surface area contributed by atoms with Crippen molar-refractivity contribution in [3.05, 3.63) is 65.2 Å². The van der Waals surface area contributed by atoms with Crippen LogP contribution in [0.1, 0.15) is 37.5 Å². The maximum absolute atomic E-state index is 11.8. The first-order valence-electron chi connectivity index (χ1n) is 14.5. The van der Waals surface area contributed by atoms with Gasteiger partial charge in [-0.05, 0) is 75.6 Å². The van der Waals surface area contributed by atoms with Gasteiger partial charge in [-0.2, -0.15) is 5.10 Å². The number of carboxylic acids is 1. The van der Waals surface area contributed by atoms with E-state index < -0.39 is 11.6 Å². The van der Waals surface area contributed by atoms with E-state index in [2.05, 4.69) is 54.3 Å². The molecule has 5 aromatic rings. The molecule has 0 atom stereocenters. The summed E-state index contributed by atoms with van der Waals surface area (Å²) < 4.78 is 8.43. The molecular weight excluding hydrogens is 560 g/mol. The van der Waals surface area contributed by atoms with E-state index in [-0.39, 0.29) is 6.42 Å². The summed E-state index contributed by atoms with van der Waals surface area (Å²) in [5.41, 5.74) is 7.80. The van der Waals surface area contributed by atoms with Gasteiger partial charge in [-0.3, -0.25) is 9.48 Å². The topological polar surface area (TPSA) is 101 Å². The number of aryl methyl sites for hydroxylation is 3. The zero-order chi connectivity index (χ0) is 30.7. The second-order valence-corrected chi connectivity index (χ2v) is 14.0. The molecule has 2 aromatic heterocycles. The second-order valence-electron chi connectivity index (χ2n) is 13.0. The van der Waals surface area contributed by atoms with Crippen LogP contribution in [0, 0.1) is 19.3 Å². The number of fused-ring (bicyclic) bond motifs is 2. The summed E-state index contributed by atoms with van der Waals surface area (Å²) in [5.74, 6) is 0.185. The van der Waals surface area contributed by atoms with Gasteiger partial charge in [0.25, 0.3) is 0 Å². The van der Waals surface area contributed by atoms with Gasteiger partial charge in [-0.1, -0.05) is 29.8 Å². The number of nitrogens with zero attached hydrogens (tertiary/aromatic N) is 4. The lowest BCUT2D eigenvalue weighted by Crippen LogP contribution is -2.66. The van der Waals surface area contributed by atoms with Crippen molar-refractivity contribution in [1.29, 1.82) is 0 Å². The summed E-state index contributed by atoms with van der Waals surface area (Å²) in [6, 6.07) is 16.8. The summed E-state index contributed by atoms with van der Waals surface area (Å²) in [6.07, 6.45) is -0.0222. The molecular formula is C34H38N4O4S. The number of thiazole rings is 1. The van der Waals surface area contributed by atoms with E-state index >= 15 is 0 Å². The fourth-order valence-corrected chi connectivity index (χ4v) is 7.00. The van der Waals surface area contributed by atoms with E-state index in [0.29, 0.717) is 5.41 Å². The number of benzene rings is 3. The third-order valence-electron chi connectivity index (χ3n) is 7.93. The lowest BCUT2D eigenvalue weighted by atomic mass is 9.78. The van der Waals surface area contributed by atoms with Crippen LogP contribution >= 0.6 is 11.3 Å². The van der Waals surface area contributed by atoms with E-state index in [1.165, 1.54) is 5.56 Å². The molecule has 2 N–H and O–H groups in total. The average molecular weight is 599 g/mol. The first-order valence-corrected chi connectivity index (χ1v) is 15.4. The fourth-order valence-electron chi connectivity index (χ4n) is 5.86. The monoisotopic (exact) mass is 598 g/mol. The van der Waals surface area contributed by atoms with Crippen LogP contribution in [0.2, 0.25) is 0 Å². The highest BCUT2D eigenvalue weighted by molar-refractivity contribution is 7.22. The number of aliphatic hydroxyl groups is 1. The summed E-state index contributed by atoms with van der Waals surface area (Å²) in [6.45, 7) is 12.9. The number of rotatable bonds is 5. The molecule has 1 spiro atoms. The van der Waals surface area contributed by atoms with Gasteiger partial charge >= 0.3 is 5.97 Å². The van der Waals surface area contributed by atoms with Gasteiger partial charge in [0.05, 0.1) is 46.4 Å². The van der Waals surface area contributed by atoms with E-state index in [1.807, 2.05) is 24.7 Å². The molecule has 2 aliphatic rings. The number of hydrogen-bond donors (Lipinski definition) is 2. The third kappa shape index (κ3) is 5.77. The molecule has 2 fully saturated rings. The van der Waals surface area contributed by atoms with E-state index in [1.54, 1.807) is 32.1 Å². The molecule has 0 aliphatic carbocycles. The molecule has 0 amide bonds. The van der Waals surface area contributed by atoms with Crippen LogP contribution in [-0.2, 0) is 23.0 Å². The number of ether oxygens (including phenoxy) is 1. The van der Waals surface area contributed by atoms with Crippen molar-refractivity contribution in [3.63, 3.8) is 0 Å². The van der Waals surface area contributed by atoms with Gasteiger partial charge in [0.2, 0.25) is 0 Å². The SMILES string of the molecule is CC(C)(C)O.Cc1ccc(-c2c(CC(=O)O)c(C)cc3nc(-c4ccc5c(c4)c(N4CC6(COC6)C4)nn5C)sc23)cc1. The average Bonchev–Trinajstić information content (AvgIpc) is 3.43. The van der Waals surface area contributed by atoms with E-state index in [4.69, 9.17) is 19.9 Å². The van der Waals surface area contributed by atoms with Crippen LogP contribution in [0.5, 0.6) is 0 Å². The smallest absolute Gasteiger partial charge is 0.307 e. The standard InChI is InChI=1S/C30H28N4O3S.C4H10O/c1-17-4-6-19(7-5-17)26-21(12-25(35)36)18(2)10-23-27(26)38-29(31-23)20-8-9-24-22(11-20)28(32-33(24)3)34-13-30(14-34)15-37-16-30;1-4(2,3)5/h4-11H,12-16H2,1-3H3,(H,35,36);5H,1-3H3. The van der Waals surface area contributed by atoms with Crippen LogP contribution in [0.15, 0.2) is 48.5 Å². The fraction of sp³-hybridized carbons (Fsp3) is 0.382. The van der Waals surface area contributed by atoms with Gasteiger partial charge in [0, 0.05) is 36.7 Å². The molecule has 2 saturated heterocycles. The summed E-state index contributed by atoms with van der Waals surface area (Å²) in [7, 11) is 1.99. The summed E-state index contributed by atoms with van der Waals surface area (Å²) in [4.78, 5) is 19.2. The first-order chi connectivity index (χ1) is 20.3. The lowest BCUT2D eigenvalue weighted by Gasteiger charge is -2.55. The molecule has 0 radical (unpaired) electrons. The first kappa shape index (κ1) is 29.3. The van der Waals surface area contributed by atoms with Crippen LogP contribution < -0.4 is 4.90 Å². The Morgan fingerprint density at radius 1 is 1.05 bits per heavy atom. The van der Waals surface area contributed by atoms with Crippen LogP contribution in [-0.4, -0.2) is 62.9 Å². The third-order valence-corrected chi connectivity index (χ3v) is 9.06. The van der Waals surface area contributed by atoms with Gasteiger partial charge in [0.15, 0.2) is 5.82 Å². The molecule has 0 unspecified atom stereocenters. The van der Waals surface area contributed by atoms with Gasteiger partial charge in [0.1, 0.15) is 5.01 Å².